The number of oxazole rings is 1. The normalized spacial score (nSPS) is 9.73. The summed E-state index contributed by atoms with van der Waals surface area (Å²) in [5.41, 5.74) is 6.04. The first-order chi connectivity index (χ1) is 6.66. The second kappa shape index (κ2) is 4.27. The highest BCUT2D eigenvalue weighted by molar-refractivity contribution is 5.85. The molecule has 0 saturated carbocycles. The number of aromatic nitrogens is 1. The molecule has 6 heteroatoms. The monoisotopic (exact) mass is 232 g/mol. The van der Waals surface area contributed by atoms with Gasteiger partial charge >= 0.3 is 0 Å². The van der Waals surface area contributed by atoms with Crippen LogP contribution in [0.1, 0.15) is 0 Å². The lowest BCUT2D eigenvalue weighted by Gasteiger charge is -1.96. The number of hydrogen-bond acceptors (Lipinski definition) is 3. The predicted molar refractivity (Wildman–Crippen MR) is 53.5 cm³/mol. The summed E-state index contributed by atoms with van der Waals surface area (Å²) in [6.07, 6.45) is 1.28. The van der Waals surface area contributed by atoms with Gasteiger partial charge < -0.3 is 10.2 Å². The van der Waals surface area contributed by atoms with Crippen LogP contribution in [0, 0.1) is 11.6 Å². The van der Waals surface area contributed by atoms with Gasteiger partial charge in [-0.15, -0.1) is 12.4 Å². The van der Waals surface area contributed by atoms with Gasteiger partial charge in [0.05, 0.1) is 0 Å². The molecule has 80 valence electrons. The van der Waals surface area contributed by atoms with E-state index in [2.05, 4.69) is 4.98 Å². The molecule has 2 N–H and O–H groups in total. The molecule has 1 heterocycles. The van der Waals surface area contributed by atoms with E-state index in [9.17, 15) is 8.78 Å². The Labute approximate surface area is 90.3 Å². The average Bonchev–Trinajstić information content (AvgIpc) is 2.57. The zero-order chi connectivity index (χ0) is 10.1. The van der Waals surface area contributed by atoms with Crippen molar-refractivity contribution in [3.8, 4) is 11.3 Å². The van der Waals surface area contributed by atoms with Crippen molar-refractivity contribution >= 4 is 18.4 Å². The van der Waals surface area contributed by atoms with Crippen LogP contribution in [-0.4, -0.2) is 4.98 Å². The van der Waals surface area contributed by atoms with Gasteiger partial charge in [0.2, 0.25) is 0 Å². The maximum absolute atomic E-state index is 12.8. The summed E-state index contributed by atoms with van der Waals surface area (Å²) in [6, 6.07) is 3.45. The Bertz CT molecular complexity index is 473. The predicted octanol–water partition coefficient (Wildman–Crippen LogP) is 2.62. The van der Waals surface area contributed by atoms with Crippen molar-refractivity contribution in [1.29, 1.82) is 0 Å². The van der Waals surface area contributed by atoms with Gasteiger partial charge in [-0.05, 0) is 18.2 Å². The smallest absolute Gasteiger partial charge is 0.292 e. The molecular weight excluding hydrogens is 226 g/mol. The molecule has 0 fully saturated rings. The highest BCUT2D eigenvalue weighted by Crippen LogP contribution is 2.21. The highest BCUT2D eigenvalue weighted by Gasteiger charge is 2.07. The molecule has 0 aliphatic carbocycles. The van der Waals surface area contributed by atoms with Gasteiger partial charge in [0.25, 0.3) is 6.01 Å². The maximum Gasteiger partial charge on any atom is 0.292 e. The molecule has 1 aromatic carbocycles. The van der Waals surface area contributed by atoms with Crippen molar-refractivity contribution in [2.24, 2.45) is 0 Å². The molecule has 2 rings (SSSR count). The minimum absolute atomic E-state index is 0. The number of rotatable bonds is 1. The summed E-state index contributed by atoms with van der Waals surface area (Å²) in [4.78, 5) is 3.77. The van der Waals surface area contributed by atoms with Crippen molar-refractivity contribution in [2.45, 2.75) is 0 Å². The highest BCUT2D eigenvalue weighted by atomic mass is 35.5. The molecule has 0 unspecified atom stereocenters. The van der Waals surface area contributed by atoms with Crippen LogP contribution >= 0.6 is 12.4 Å². The molecule has 0 aliphatic rings. The first-order valence-corrected chi connectivity index (χ1v) is 3.83. The Hall–Kier alpha value is -1.62. The SMILES string of the molecule is Cl.Nc1nc(-c2ccc(F)c(F)c2)co1. The number of nitrogens with zero attached hydrogens (tertiary/aromatic N) is 1. The third-order valence-electron chi connectivity index (χ3n) is 1.74. The number of nitrogens with two attached hydrogens (primary N) is 1. The lowest BCUT2D eigenvalue weighted by atomic mass is 10.2. The molecule has 0 radical (unpaired) electrons. The Balaban J connectivity index is 0.00000112. The molecule has 0 aliphatic heterocycles. The quantitative estimate of drug-likeness (QED) is 0.822. The van der Waals surface area contributed by atoms with E-state index in [1.807, 2.05) is 0 Å². The number of hydrogen-bond donors (Lipinski definition) is 1. The second-order valence-corrected chi connectivity index (χ2v) is 2.70. The summed E-state index contributed by atoms with van der Waals surface area (Å²) < 4.78 is 30.1. The molecule has 15 heavy (non-hydrogen) atoms. The minimum atomic E-state index is -0.927. The molecular formula is C9H7ClF2N2O. The Morgan fingerprint density at radius 2 is 1.93 bits per heavy atom. The van der Waals surface area contributed by atoms with Gasteiger partial charge in [-0.2, -0.15) is 4.98 Å². The van der Waals surface area contributed by atoms with E-state index < -0.39 is 11.6 Å². The lowest BCUT2D eigenvalue weighted by Crippen LogP contribution is -1.86. The number of halogens is 3. The van der Waals surface area contributed by atoms with Crippen LogP contribution in [0.4, 0.5) is 14.8 Å². The number of nitrogen functional groups attached to an aromatic ring is 1. The molecule has 0 saturated heterocycles. The van der Waals surface area contributed by atoms with E-state index in [-0.39, 0.29) is 18.4 Å². The van der Waals surface area contributed by atoms with Gasteiger partial charge in [-0.25, -0.2) is 8.78 Å². The van der Waals surface area contributed by atoms with Crippen LogP contribution in [0.5, 0.6) is 0 Å². The zero-order valence-corrected chi connectivity index (χ0v) is 8.22. The molecule has 2 aromatic rings. The first-order valence-electron chi connectivity index (χ1n) is 3.83. The molecule has 0 amide bonds. The third kappa shape index (κ3) is 2.24. The van der Waals surface area contributed by atoms with E-state index in [1.54, 1.807) is 0 Å². The minimum Gasteiger partial charge on any atom is -0.432 e. The summed E-state index contributed by atoms with van der Waals surface area (Å²) in [5.74, 6) is -1.82. The summed E-state index contributed by atoms with van der Waals surface area (Å²) in [6.45, 7) is 0. The molecule has 3 nitrogen and oxygen atoms in total. The maximum atomic E-state index is 12.8. The Kier molecular flexibility index (Phi) is 3.26. The van der Waals surface area contributed by atoms with Crippen LogP contribution < -0.4 is 5.73 Å². The van der Waals surface area contributed by atoms with Crippen molar-refractivity contribution in [2.75, 3.05) is 5.73 Å². The van der Waals surface area contributed by atoms with Gasteiger partial charge in [0, 0.05) is 5.56 Å². The van der Waals surface area contributed by atoms with Gasteiger partial charge in [-0.3, -0.25) is 0 Å². The van der Waals surface area contributed by atoms with E-state index in [0.29, 0.717) is 11.3 Å². The fourth-order valence-electron chi connectivity index (χ4n) is 1.08. The topological polar surface area (TPSA) is 52.0 Å². The Morgan fingerprint density at radius 1 is 1.20 bits per heavy atom. The van der Waals surface area contributed by atoms with Crippen LogP contribution in [0.25, 0.3) is 11.3 Å². The van der Waals surface area contributed by atoms with Crippen molar-refractivity contribution in [3.63, 3.8) is 0 Å². The summed E-state index contributed by atoms with van der Waals surface area (Å²) >= 11 is 0. The summed E-state index contributed by atoms with van der Waals surface area (Å²) in [5, 5.41) is 0. The van der Waals surface area contributed by atoms with Gasteiger partial charge in [0.1, 0.15) is 12.0 Å². The van der Waals surface area contributed by atoms with E-state index in [1.165, 1.54) is 12.3 Å². The number of benzene rings is 1. The van der Waals surface area contributed by atoms with E-state index >= 15 is 0 Å². The van der Waals surface area contributed by atoms with Crippen LogP contribution in [-0.2, 0) is 0 Å². The number of anilines is 1. The van der Waals surface area contributed by atoms with Crippen LogP contribution in [0.3, 0.4) is 0 Å². The lowest BCUT2D eigenvalue weighted by molar-refractivity contribution is 0.509. The van der Waals surface area contributed by atoms with Crippen LogP contribution in [0.2, 0.25) is 0 Å². The fraction of sp³-hybridized carbons (Fsp3) is 0. The fourth-order valence-corrected chi connectivity index (χ4v) is 1.08. The third-order valence-corrected chi connectivity index (χ3v) is 1.74. The van der Waals surface area contributed by atoms with Gasteiger partial charge in [0.15, 0.2) is 11.6 Å². The van der Waals surface area contributed by atoms with E-state index in [0.717, 1.165) is 12.1 Å². The average molecular weight is 233 g/mol. The summed E-state index contributed by atoms with van der Waals surface area (Å²) in [7, 11) is 0. The van der Waals surface area contributed by atoms with Crippen molar-refractivity contribution in [1.82, 2.24) is 4.98 Å². The van der Waals surface area contributed by atoms with Crippen molar-refractivity contribution in [3.05, 3.63) is 36.1 Å². The Morgan fingerprint density at radius 3 is 2.47 bits per heavy atom. The molecule has 0 bridgehead atoms. The zero-order valence-electron chi connectivity index (χ0n) is 7.41. The van der Waals surface area contributed by atoms with E-state index in [4.69, 9.17) is 10.2 Å². The standard InChI is InChI=1S/C9H6F2N2O.ClH/c10-6-2-1-5(3-7(6)11)8-4-14-9(12)13-8;/h1-4H,(H2,12,13);1H. The van der Waals surface area contributed by atoms with Crippen LogP contribution in [0.15, 0.2) is 28.9 Å². The largest absolute Gasteiger partial charge is 0.432 e. The molecule has 1 aromatic heterocycles. The van der Waals surface area contributed by atoms with Crippen molar-refractivity contribution < 1.29 is 13.2 Å². The second-order valence-electron chi connectivity index (χ2n) is 2.70. The van der Waals surface area contributed by atoms with Gasteiger partial charge in [-0.1, -0.05) is 0 Å². The molecule has 0 atom stereocenters. The first kappa shape index (κ1) is 11.5. The molecule has 0 spiro atoms.